The minimum absolute atomic E-state index is 0.182. The first kappa shape index (κ1) is 15.6. The molecular formula is C19H15F2OS+. The smallest absolute Gasteiger partial charge is 0.387 e. The van der Waals surface area contributed by atoms with Crippen molar-refractivity contribution in [1.82, 2.24) is 0 Å². The molecule has 3 rings (SSSR count). The van der Waals surface area contributed by atoms with Crippen LogP contribution in [0.25, 0.3) is 0 Å². The van der Waals surface area contributed by atoms with Gasteiger partial charge >= 0.3 is 6.61 Å². The van der Waals surface area contributed by atoms with Crippen LogP contribution in [0.1, 0.15) is 0 Å². The monoisotopic (exact) mass is 329 g/mol. The fourth-order valence-electron chi connectivity index (χ4n) is 2.30. The maximum Gasteiger partial charge on any atom is 0.387 e. The van der Waals surface area contributed by atoms with Crippen molar-refractivity contribution in [3.05, 3.63) is 84.9 Å². The van der Waals surface area contributed by atoms with Crippen molar-refractivity contribution in [1.29, 1.82) is 0 Å². The molecule has 0 saturated heterocycles. The van der Waals surface area contributed by atoms with Crippen molar-refractivity contribution < 1.29 is 13.5 Å². The van der Waals surface area contributed by atoms with E-state index < -0.39 is 6.61 Å². The van der Waals surface area contributed by atoms with Crippen molar-refractivity contribution in [3.8, 4) is 5.75 Å². The van der Waals surface area contributed by atoms with E-state index in [4.69, 9.17) is 0 Å². The first-order chi connectivity index (χ1) is 11.2. The highest BCUT2D eigenvalue weighted by Crippen LogP contribution is 2.32. The summed E-state index contributed by atoms with van der Waals surface area (Å²) in [6, 6.07) is 27.0. The second-order valence-corrected chi connectivity index (χ2v) is 6.81. The van der Waals surface area contributed by atoms with Crippen LogP contribution in [-0.4, -0.2) is 6.61 Å². The van der Waals surface area contributed by atoms with Crippen molar-refractivity contribution in [3.63, 3.8) is 0 Å². The zero-order chi connectivity index (χ0) is 16.1. The van der Waals surface area contributed by atoms with Gasteiger partial charge in [-0.2, -0.15) is 8.78 Å². The molecule has 0 aromatic heterocycles. The quantitative estimate of drug-likeness (QED) is 0.571. The molecule has 3 aromatic rings. The van der Waals surface area contributed by atoms with E-state index in [1.54, 1.807) is 18.2 Å². The number of ether oxygens (including phenoxy) is 1. The molecule has 0 saturated carbocycles. The topological polar surface area (TPSA) is 9.23 Å². The number of alkyl halides is 2. The lowest BCUT2D eigenvalue weighted by molar-refractivity contribution is -0.0499. The van der Waals surface area contributed by atoms with Gasteiger partial charge < -0.3 is 4.74 Å². The molecule has 23 heavy (non-hydrogen) atoms. The lowest BCUT2D eigenvalue weighted by Crippen LogP contribution is -2.06. The summed E-state index contributed by atoms with van der Waals surface area (Å²) in [6.07, 6.45) is 0. The lowest BCUT2D eigenvalue weighted by atomic mass is 10.3. The largest absolute Gasteiger partial charge is 0.435 e. The first-order valence-electron chi connectivity index (χ1n) is 7.13. The Morgan fingerprint density at radius 3 is 1.70 bits per heavy atom. The van der Waals surface area contributed by atoms with E-state index in [0.29, 0.717) is 0 Å². The Bertz CT molecular complexity index is 708. The van der Waals surface area contributed by atoms with Gasteiger partial charge in [0, 0.05) is 6.07 Å². The summed E-state index contributed by atoms with van der Waals surface area (Å²) in [7, 11) is -0.365. The molecule has 0 aliphatic rings. The number of hydrogen-bond acceptors (Lipinski definition) is 1. The summed E-state index contributed by atoms with van der Waals surface area (Å²) in [5.41, 5.74) is 0. The Hall–Kier alpha value is -2.33. The molecular weight excluding hydrogens is 314 g/mol. The molecule has 116 valence electrons. The van der Waals surface area contributed by atoms with Gasteiger partial charge in [-0.1, -0.05) is 42.5 Å². The molecule has 0 aliphatic heterocycles. The summed E-state index contributed by atoms with van der Waals surface area (Å²) in [5, 5.41) is 0. The van der Waals surface area contributed by atoms with Gasteiger partial charge in [0.1, 0.15) is 5.75 Å². The zero-order valence-electron chi connectivity index (χ0n) is 12.2. The number of benzene rings is 3. The minimum atomic E-state index is -2.82. The van der Waals surface area contributed by atoms with E-state index in [1.165, 1.54) is 0 Å². The summed E-state index contributed by atoms with van der Waals surface area (Å²) < 4.78 is 29.5. The Kier molecular flexibility index (Phi) is 4.93. The second-order valence-electron chi connectivity index (χ2n) is 4.79. The maximum atomic E-state index is 12.5. The molecule has 3 aromatic carbocycles. The molecule has 0 unspecified atom stereocenters. The average molecular weight is 329 g/mol. The van der Waals surface area contributed by atoms with Gasteiger partial charge in [-0.15, -0.1) is 0 Å². The molecule has 1 nitrogen and oxygen atoms in total. The Labute approximate surface area is 136 Å². The van der Waals surface area contributed by atoms with Gasteiger partial charge in [-0.25, -0.2) is 0 Å². The minimum Gasteiger partial charge on any atom is -0.435 e. The Balaban J connectivity index is 2.06. The molecule has 0 radical (unpaired) electrons. The summed E-state index contributed by atoms with van der Waals surface area (Å²) >= 11 is 0. The second kappa shape index (κ2) is 7.29. The molecule has 0 heterocycles. The maximum absolute atomic E-state index is 12.5. The van der Waals surface area contributed by atoms with Gasteiger partial charge in [0.05, 0.1) is 10.9 Å². The number of halogens is 2. The van der Waals surface area contributed by atoms with Gasteiger partial charge in [-0.05, 0) is 36.4 Å². The van der Waals surface area contributed by atoms with Crippen molar-refractivity contribution in [2.45, 2.75) is 21.3 Å². The predicted molar refractivity (Wildman–Crippen MR) is 88.1 cm³/mol. The van der Waals surface area contributed by atoms with E-state index in [0.717, 1.165) is 14.7 Å². The zero-order valence-corrected chi connectivity index (χ0v) is 13.0. The van der Waals surface area contributed by atoms with Gasteiger partial charge in [0.15, 0.2) is 14.7 Å². The average Bonchev–Trinajstić information content (AvgIpc) is 2.57. The van der Waals surface area contributed by atoms with Gasteiger partial charge in [-0.3, -0.25) is 0 Å². The van der Waals surface area contributed by atoms with Crippen LogP contribution < -0.4 is 4.74 Å². The third kappa shape index (κ3) is 3.90. The first-order valence-corrected chi connectivity index (χ1v) is 8.36. The van der Waals surface area contributed by atoms with E-state index in [2.05, 4.69) is 29.0 Å². The van der Waals surface area contributed by atoms with Crippen LogP contribution in [0, 0.1) is 0 Å². The van der Waals surface area contributed by atoms with E-state index in [9.17, 15) is 8.78 Å². The highest BCUT2D eigenvalue weighted by atomic mass is 32.2. The number of hydrogen-bond donors (Lipinski definition) is 0. The predicted octanol–water partition coefficient (Wildman–Crippen LogP) is 5.38. The van der Waals surface area contributed by atoms with Crippen LogP contribution in [0.15, 0.2) is 99.6 Å². The van der Waals surface area contributed by atoms with Crippen molar-refractivity contribution >= 4 is 10.9 Å². The third-order valence-electron chi connectivity index (χ3n) is 3.22. The molecule has 0 bridgehead atoms. The lowest BCUT2D eigenvalue weighted by Gasteiger charge is -2.09. The summed E-state index contributed by atoms with van der Waals surface area (Å²) in [4.78, 5) is 3.21. The standard InChI is InChI=1S/C19H15F2OS/c20-19(21)22-15-8-7-13-18(14-15)23(16-9-3-1-4-10-16)17-11-5-2-6-12-17/h1-14,19H/q+1. The van der Waals surface area contributed by atoms with Crippen LogP contribution in [0.5, 0.6) is 5.75 Å². The molecule has 0 atom stereocenters. The molecule has 4 heteroatoms. The van der Waals surface area contributed by atoms with Crippen LogP contribution in [0.2, 0.25) is 0 Å². The summed E-state index contributed by atoms with van der Waals surface area (Å²) in [5.74, 6) is 0.182. The van der Waals surface area contributed by atoms with Gasteiger partial charge in [0.25, 0.3) is 0 Å². The molecule has 0 aliphatic carbocycles. The van der Waals surface area contributed by atoms with Crippen molar-refractivity contribution in [2.75, 3.05) is 0 Å². The van der Waals surface area contributed by atoms with E-state index in [-0.39, 0.29) is 16.6 Å². The van der Waals surface area contributed by atoms with Crippen LogP contribution in [0.3, 0.4) is 0 Å². The summed E-state index contributed by atoms with van der Waals surface area (Å²) in [6.45, 7) is -2.82. The highest BCUT2D eigenvalue weighted by Gasteiger charge is 2.28. The SMILES string of the molecule is FC(F)Oc1cccc([S+](c2ccccc2)c2ccccc2)c1. The van der Waals surface area contributed by atoms with Crippen molar-refractivity contribution in [2.24, 2.45) is 0 Å². The van der Waals surface area contributed by atoms with Crippen LogP contribution in [-0.2, 0) is 10.9 Å². The van der Waals surface area contributed by atoms with E-state index in [1.807, 2.05) is 42.5 Å². The van der Waals surface area contributed by atoms with Crippen LogP contribution >= 0.6 is 0 Å². The molecule has 0 N–H and O–H groups in total. The fourth-order valence-corrected chi connectivity index (χ4v) is 4.42. The fraction of sp³-hybridized carbons (Fsp3) is 0.0526. The molecule has 0 fully saturated rings. The normalized spacial score (nSPS) is 11.0. The number of rotatable bonds is 5. The van der Waals surface area contributed by atoms with Gasteiger partial charge in [0.2, 0.25) is 0 Å². The molecule has 0 spiro atoms. The molecule has 0 amide bonds. The van der Waals surface area contributed by atoms with E-state index >= 15 is 0 Å². The highest BCUT2D eigenvalue weighted by molar-refractivity contribution is 7.97. The Morgan fingerprint density at radius 2 is 1.17 bits per heavy atom. The Morgan fingerprint density at radius 1 is 0.652 bits per heavy atom. The van der Waals surface area contributed by atoms with Crippen LogP contribution in [0.4, 0.5) is 8.78 Å². The third-order valence-corrected chi connectivity index (χ3v) is 5.44.